The van der Waals surface area contributed by atoms with E-state index in [1.54, 1.807) is 11.8 Å². The number of nitrogens with one attached hydrogen (secondary N) is 1. The Morgan fingerprint density at radius 3 is 2.75 bits per heavy atom. The van der Waals surface area contributed by atoms with Crippen LogP contribution in [0.2, 0.25) is 0 Å². The summed E-state index contributed by atoms with van der Waals surface area (Å²) in [7, 11) is 0. The van der Waals surface area contributed by atoms with Crippen molar-refractivity contribution < 1.29 is 9.59 Å². The minimum absolute atomic E-state index is 0.0509. The van der Waals surface area contributed by atoms with Gasteiger partial charge in [0.05, 0.1) is 12.5 Å². The average Bonchev–Trinajstić information content (AvgIpc) is 2.73. The fourth-order valence-electron chi connectivity index (χ4n) is 2.22. The highest BCUT2D eigenvalue weighted by atomic mass is 32.2. The van der Waals surface area contributed by atoms with Crippen LogP contribution in [0.4, 0.5) is 0 Å². The van der Waals surface area contributed by atoms with Gasteiger partial charge in [-0.25, -0.2) is 0 Å². The molecule has 1 atom stereocenters. The molecule has 20 heavy (non-hydrogen) atoms. The van der Waals surface area contributed by atoms with Crippen molar-refractivity contribution in [3.8, 4) is 0 Å². The highest BCUT2D eigenvalue weighted by Crippen LogP contribution is 2.17. The summed E-state index contributed by atoms with van der Waals surface area (Å²) >= 11 is 1.74. The fourth-order valence-corrected chi connectivity index (χ4v) is 3.03. The molecule has 108 valence electrons. The zero-order chi connectivity index (χ0) is 14.4. The SMILES string of the molecule is CCCN1C(=O)CC(NCCSc2ccccc2)C1=O. The topological polar surface area (TPSA) is 49.4 Å². The van der Waals surface area contributed by atoms with Gasteiger partial charge in [0.25, 0.3) is 0 Å². The standard InChI is InChI=1S/C15H20N2O2S/c1-2-9-17-14(18)11-13(15(17)19)16-8-10-20-12-6-4-3-5-7-12/h3-7,13,16H,2,8-11H2,1H3. The fraction of sp³-hybridized carbons (Fsp3) is 0.467. The van der Waals surface area contributed by atoms with Crippen LogP contribution in [-0.2, 0) is 9.59 Å². The first-order valence-electron chi connectivity index (χ1n) is 6.97. The van der Waals surface area contributed by atoms with Crippen molar-refractivity contribution >= 4 is 23.6 Å². The van der Waals surface area contributed by atoms with Crippen LogP contribution in [0, 0.1) is 0 Å². The normalized spacial score (nSPS) is 18.9. The third-order valence-electron chi connectivity index (χ3n) is 3.20. The number of imide groups is 1. The Kier molecular flexibility index (Phi) is 5.61. The highest BCUT2D eigenvalue weighted by Gasteiger charge is 2.37. The maximum atomic E-state index is 12.0. The van der Waals surface area contributed by atoms with Crippen molar-refractivity contribution in [2.45, 2.75) is 30.7 Å². The molecule has 0 saturated carbocycles. The predicted octanol–water partition coefficient (Wildman–Crippen LogP) is 1.91. The van der Waals surface area contributed by atoms with Crippen molar-refractivity contribution in [1.29, 1.82) is 0 Å². The molecule has 5 heteroatoms. The number of thioether (sulfide) groups is 1. The number of hydrogen-bond donors (Lipinski definition) is 1. The van der Waals surface area contributed by atoms with Crippen LogP contribution in [0.25, 0.3) is 0 Å². The molecule has 1 unspecified atom stereocenters. The monoisotopic (exact) mass is 292 g/mol. The van der Waals surface area contributed by atoms with Gasteiger partial charge < -0.3 is 5.32 Å². The molecule has 1 heterocycles. The lowest BCUT2D eigenvalue weighted by Crippen LogP contribution is -2.39. The quantitative estimate of drug-likeness (QED) is 0.474. The summed E-state index contributed by atoms with van der Waals surface area (Å²) in [5.74, 6) is 0.766. The van der Waals surface area contributed by atoms with Crippen LogP contribution in [-0.4, -0.2) is 41.6 Å². The predicted molar refractivity (Wildman–Crippen MR) is 80.6 cm³/mol. The van der Waals surface area contributed by atoms with E-state index in [0.29, 0.717) is 13.0 Å². The summed E-state index contributed by atoms with van der Waals surface area (Å²) in [5, 5.41) is 3.19. The Labute approximate surface area is 123 Å². The van der Waals surface area contributed by atoms with Crippen LogP contribution in [0.1, 0.15) is 19.8 Å². The Morgan fingerprint density at radius 1 is 1.30 bits per heavy atom. The number of hydrogen-bond acceptors (Lipinski definition) is 4. The van der Waals surface area contributed by atoms with Crippen molar-refractivity contribution in [1.82, 2.24) is 10.2 Å². The zero-order valence-electron chi connectivity index (χ0n) is 11.7. The summed E-state index contributed by atoms with van der Waals surface area (Å²) in [4.78, 5) is 26.3. The highest BCUT2D eigenvalue weighted by molar-refractivity contribution is 7.99. The minimum Gasteiger partial charge on any atom is -0.305 e. The summed E-state index contributed by atoms with van der Waals surface area (Å²) in [6.45, 7) is 3.23. The van der Waals surface area contributed by atoms with E-state index < -0.39 is 0 Å². The summed E-state index contributed by atoms with van der Waals surface area (Å²) in [5.41, 5.74) is 0. The van der Waals surface area contributed by atoms with E-state index in [2.05, 4.69) is 17.4 Å². The van der Waals surface area contributed by atoms with Gasteiger partial charge in [-0.2, -0.15) is 0 Å². The molecule has 0 radical (unpaired) electrons. The molecular formula is C15H20N2O2S. The lowest BCUT2D eigenvalue weighted by Gasteiger charge is -2.14. The van der Waals surface area contributed by atoms with E-state index >= 15 is 0 Å². The van der Waals surface area contributed by atoms with E-state index in [9.17, 15) is 9.59 Å². The van der Waals surface area contributed by atoms with Crippen LogP contribution in [0.3, 0.4) is 0 Å². The maximum Gasteiger partial charge on any atom is 0.246 e. The van der Waals surface area contributed by atoms with Crippen LogP contribution in [0.5, 0.6) is 0 Å². The Balaban J connectivity index is 1.72. The third kappa shape index (κ3) is 3.84. The largest absolute Gasteiger partial charge is 0.305 e. The lowest BCUT2D eigenvalue weighted by atomic mass is 10.2. The van der Waals surface area contributed by atoms with Crippen molar-refractivity contribution in [3.05, 3.63) is 30.3 Å². The second-order valence-corrected chi connectivity index (χ2v) is 5.92. The van der Waals surface area contributed by atoms with Crippen molar-refractivity contribution in [2.24, 2.45) is 0 Å². The molecule has 1 aliphatic heterocycles. The Bertz CT molecular complexity index is 464. The molecule has 0 aliphatic carbocycles. The van der Waals surface area contributed by atoms with Gasteiger partial charge in [-0.05, 0) is 18.6 Å². The summed E-state index contributed by atoms with van der Waals surface area (Å²) in [6.07, 6.45) is 1.11. The number of rotatable bonds is 7. The van der Waals surface area contributed by atoms with Crippen molar-refractivity contribution in [3.63, 3.8) is 0 Å². The molecule has 0 spiro atoms. The van der Waals surface area contributed by atoms with Gasteiger partial charge in [0.15, 0.2) is 0 Å². The first-order chi connectivity index (χ1) is 9.72. The van der Waals surface area contributed by atoms with Crippen LogP contribution < -0.4 is 5.32 Å². The first-order valence-corrected chi connectivity index (χ1v) is 7.96. The lowest BCUT2D eigenvalue weighted by molar-refractivity contribution is -0.138. The van der Waals surface area contributed by atoms with Gasteiger partial charge in [-0.1, -0.05) is 25.1 Å². The van der Waals surface area contributed by atoms with Gasteiger partial charge in [-0.15, -0.1) is 11.8 Å². The molecular weight excluding hydrogens is 272 g/mol. The molecule has 0 bridgehead atoms. The van der Waals surface area contributed by atoms with Crippen molar-refractivity contribution in [2.75, 3.05) is 18.8 Å². The van der Waals surface area contributed by atoms with Crippen LogP contribution in [0.15, 0.2) is 35.2 Å². The second-order valence-electron chi connectivity index (χ2n) is 4.76. The number of nitrogens with zero attached hydrogens (tertiary/aromatic N) is 1. The molecule has 1 N–H and O–H groups in total. The number of carbonyl (C=O) groups excluding carboxylic acids is 2. The molecule has 4 nitrogen and oxygen atoms in total. The van der Waals surface area contributed by atoms with Gasteiger partial charge in [0.2, 0.25) is 11.8 Å². The maximum absolute atomic E-state index is 12.0. The number of carbonyl (C=O) groups is 2. The van der Waals surface area contributed by atoms with Gasteiger partial charge in [0.1, 0.15) is 0 Å². The molecule has 0 aromatic heterocycles. The van der Waals surface area contributed by atoms with E-state index in [-0.39, 0.29) is 17.9 Å². The molecule has 1 aromatic rings. The molecule has 2 amide bonds. The van der Waals surface area contributed by atoms with E-state index in [1.165, 1.54) is 9.80 Å². The van der Waals surface area contributed by atoms with E-state index in [4.69, 9.17) is 0 Å². The number of likely N-dealkylation sites (tertiary alicyclic amines) is 1. The van der Waals surface area contributed by atoms with Gasteiger partial charge in [-0.3, -0.25) is 14.5 Å². The number of benzene rings is 1. The first kappa shape index (κ1) is 15.1. The Hall–Kier alpha value is -1.33. The third-order valence-corrected chi connectivity index (χ3v) is 4.21. The van der Waals surface area contributed by atoms with Crippen LogP contribution >= 0.6 is 11.8 Å². The average molecular weight is 292 g/mol. The van der Waals surface area contributed by atoms with Gasteiger partial charge >= 0.3 is 0 Å². The minimum atomic E-state index is -0.328. The van der Waals surface area contributed by atoms with E-state index in [1.807, 2.05) is 25.1 Å². The molecule has 1 aromatic carbocycles. The molecule has 1 fully saturated rings. The second kappa shape index (κ2) is 7.45. The smallest absolute Gasteiger partial charge is 0.246 e. The summed E-state index contributed by atoms with van der Waals surface area (Å²) in [6, 6.07) is 9.82. The van der Waals surface area contributed by atoms with Gasteiger partial charge in [0, 0.05) is 23.7 Å². The number of amides is 2. The zero-order valence-corrected chi connectivity index (χ0v) is 12.5. The summed E-state index contributed by atoms with van der Waals surface area (Å²) < 4.78 is 0. The Morgan fingerprint density at radius 2 is 2.05 bits per heavy atom. The molecule has 2 rings (SSSR count). The molecule has 1 saturated heterocycles. The molecule has 1 aliphatic rings. The van der Waals surface area contributed by atoms with E-state index in [0.717, 1.165) is 18.7 Å².